The lowest BCUT2D eigenvalue weighted by Gasteiger charge is -1.99. The molecular formula is C11H8ClNO2S. The van der Waals surface area contributed by atoms with Crippen molar-refractivity contribution in [2.75, 3.05) is 6.79 Å². The third kappa shape index (κ3) is 1.64. The van der Waals surface area contributed by atoms with Crippen LogP contribution in [0.5, 0.6) is 11.5 Å². The summed E-state index contributed by atoms with van der Waals surface area (Å²) in [5, 5.41) is 0.925. The van der Waals surface area contributed by atoms with Crippen molar-refractivity contribution in [2.45, 2.75) is 5.88 Å². The summed E-state index contributed by atoms with van der Waals surface area (Å²) in [6.07, 6.45) is 1.83. The molecule has 82 valence electrons. The highest BCUT2D eigenvalue weighted by Crippen LogP contribution is 2.37. The van der Waals surface area contributed by atoms with E-state index in [1.54, 1.807) is 11.3 Å². The summed E-state index contributed by atoms with van der Waals surface area (Å²) in [6, 6.07) is 5.88. The van der Waals surface area contributed by atoms with Crippen molar-refractivity contribution in [1.29, 1.82) is 0 Å². The van der Waals surface area contributed by atoms with Crippen LogP contribution in [-0.4, -0.2) is 11.8 Å². The number of aromatic nitrogens is 1. The number of ether oxygens (including phenoxy) is 2. The summed E-state index contributed by atoms with van der Waals surface area (Å²) in [5.74, 6) is 2.04. The van der Waals surface area contributed by atoms with Crippen molar-refractivity contribution in [2.24, 2.45) is 0 Å². The molecule has 1 aliphatic rings. The Kier molecular flexibility index (Phi) is 2.46. The van der Waals surface area contributed by atoms with E-state index in [0.29, 0.717) is 12.7 Å². The van der Waals surface area contributed by atoms with Crippen molar-refractivity contribution in [1.82, 2.24) is 4.98 Å². The van der Waals surface area contributed by atoms with E-state index < -0.39 is 0 Å². The number of nitrogens with zero attached hydrogens (tertiary/aromatic N) is 1. The van der Waals surface area contributed by atoms with Crippen LogP contribution in [0.2, 0.25) is 0 Å². The van der Waals surface area contributed by atoms with Crippen LogP contribution in [0.15, 0.2) is 24.4 Å². The highest BCUT2D eigenvalue weighted by atomic mass is 35.5. The number of thiazole rings is 1. The summed E-state index contributed by atoms with van der Waals surface area (Å²) in [4.78, 5) is 5.31. The van der Waals surface area contributed by atoms with Crippen LogP contribution in [0.25, 0.3) is 10.4 Å². The molecule has 0 saturated carbocycles. The number of hydrogen-bond donors (Lipinski definition) is 0. The molecule has 0 fully saturated rings. The average molecular weight is 254 g/mol. The first-order valence-electron chi connectivity index (χ1n) is 4.77. The minimum absolute atomic E-state index is 0.300. The molecule has 1 aliphatic heterocycles. The first-order valence-corrected chi connectivity index (χ1v) is 6.12. The van der Waals surface area contributed by atoms with Crippen molar-refractivity contribution < 1.29 is 9.47 Å². The molecule has 1 aromatic carbocycles. The molecule has 3 nitrogen and oxygen atoms in total. The molecule has 2 aromatic rings. The zero-order chi connectivity index (χ0) is 11.0. The monoisotopic (exact) mass is 253 g/mol. The minimum atomic E-state index is 0.300. The van der Waals surface area contributed by atoms with Gasteiger partial charge in [0.1, 0.15) is 5.01 Å². The molecule has 0 radical (unpaired) electrons. The Morgan fingerprint density at radius 3 is 3.00 bits per heavy atom. The molecule has 0 N–H and O–H groups in total. The minimum Gasteiger partial charge on any atom is -0.454 e. The highest BCUT2D eigenvalue weighted by Gasteiger charge is 2.14. The van der Waals surface area contributed by atoms with Crippen LogP contribution in [0.1, 0.15) is 5.01 Å². The van der Waals surface area contributed by atoms with Gasteiger partial charge in [0.05, 0.1) is 10.8 Å². The van der Waals surface area contributed by atoms with Gasteiger partial charge >= 0.3 is 0 Å². The predicted octanol–water partition coefficient (Wildman–Crippen LogP) is 3.28. The molecule has 0 saturated heterocycles. The summed E-state index contributed by atoms with van der Waals surface area (Å²) in [5.41, 5.74) is 1.08. The van der Waals surface area contributed by atoms with Gasteiger partial charge in [0, 0.05) is 6.20 Å². The normalized spacial score (nSPS) is 13.1. The largest absolute Gasteiger partial charge is 0.454 e. The van der Waals surface area contributed by atoms with Gasteiger partial charge in [0.25, 0.3) is 0 Å². The van der Waals surface area contributed by atoms with Gasteiger partial charge in [-0.15, -0.1) is 22.9 Å². The van der Waals surface area contributed by atoms with Crippen LogP contribution in [0, 0.1) is 0 Å². The number of benzene rings is 1. The number of hydrogen-bond acceptors (Lipinski definition) is 4. The third-order valence-corrected chi connectivity index (χ3v) is 3.78. The second-order valence-electron chi connectivity index (χ2n) is 3.32. The standard InChI is InChI=1S/C11H8ClNO2S/c12-4-11-13-5-10(16-11)7-1-2-8-9(3-7)15-6-14-8/h1-3,5H,4,6H2. The lowest BCUT2D eigenvalue weighted by Crippen LogP contribution is -1.92. The van der Waals surface area contributed by atoms with E-state index in [2.05, 4.69) is 4.98 Å². The fourth-order valence-electron chi connectivity index (χ4n) is 1.56. The molecule has 0 aliphatic carbocycles. The van der Waals surface area contributed by atoms with E-state index in [4.69, 9.17) is 21.1 Å². The topological polar surface area (TPSA) is 31.4 Å². The van der Waals surface area contributed by atoms with Crippen LogP contribution < -0.4 is 9.47 Å². The smallest absolute Gasteiger partial charge is 0.231 e. The van der Waals surface area contributed by atoms with Crippen LogP contribution in [-0.2, 0) is 5.88 Å². The van der Waals surface area contributed by atoms with Gasteiger partial charge in [-0.1, -0.05) is 0 Å². The second-order valence-corrected chi connectivity index (χ2v) is 4.70. The van der Waals surface area contributed by atoms with Crippen LogP contribution >= 0.6 is 22.9 Å². The number of alkyl halides is 1. The molecule has 3 rings (SSSR count). The van der Waals surface area contributed by atoms with Gasteiger partial charge in [-0.05, 0) is 23.8 Å². The summed E-state index contributed by atoms with van der Waals surface area (Å²) >= 11 is 7.32. The Labute approximate surface area is 102 Å². The maximum atomic E-state index is 5.72. The van der Waals surface area contributed by atoms with Gasteiger partial charge < -0.3 is 9.47 Å². The molecule has 0 bridgehead atoms. The molecule has 5 heteroatoms. The van der Waals surface area contributed by atoms with E-state index in [9.17, 15) is 0 Å². The molecule has 0 atom stereocenters. The van der Waals surface area contributed by atoms with Crippen LogP contribution in [0.3, 0.4) is 0 Å². The van der Waals surface area contributed by atoms with E-state index >= 15 is 0 Å². The van der Waals surface area contributed by atoms with Crippen molar-refractivity contribution in [3.05, 3.63) is 29.4 Å². The summed E-state index contributed by atoms with van der Waals surface area (Å²) in [7, 11) is 0. The fraction of sp³-hybridized carbons (Fsp3) is 0.182. The molecule has 2 heterocycles. The number of rotatable bonds is 2. The quantitative estimate of drug-likeness (QED) is 0.770. The van der Waals surface area contributed by atoms with Crippen molar-refractivity contribution in [3.8, 4) is 21.9 Å². The highest BCUT2D eigenvalue weighted by molar-refractivity contribution is 7.15. The van der Waals surface area contributed by atoms with E-state index in [1.807, 2.05) is 24.4 Å². The Hall–Kier alpha value is -1.26. The Balaban J connectivity index is 2.00. The Morgan fingerprint density at radius 1 is 1.31 bits per heavy atom. The SMILES string of the molecule is ClCc1ncc(-c2ccc3c(c2)OCO3)s1. The molecule has 1 aromatic heterocycles. The molecule has 0 spiro atoms. The predicted molar refractivity (Wildman–Crippen MR) is 63.2 cm³/mol. The number of halogens is 1. The van der Waals surface area contributed by atoms with Crippen molar-refractivity contribution in [3.63, 3.8) is 0 Å². The molecule has 0 unspecified atom stereocenters. The lowest BCUT2D eigenvalue weighted by molar-refractivity contribution is 0.174. The summed E-state index contributed by atoms with van der Waals surface area (Å²) in [6.45, 7) is 0.300. The Morgan fingerprint density at radius 2 is 2.19 bits per heavy atom. The maximum absolute atomic E-state index is 5.72. The van der Waals surface area contributed by atoms with Gasteiger partial charge in [-0.25, -0.2) is 4.98 Å². The zero-order valence-corrected chi connectivity index (χ0v) is 9.85. The van der Waals surface area contributed by atoms with Gasteiger partial charge in [0.15, 0.2) is 11.5 Å². The zero-order valence-electron chi connectivity index (χ0n) is 8.27. The van der Waals surface area contributed by atoms with Gasteiger partial charge in [-0.2, -0.15) is 0 Å². The maximum Gasteiger partial charge on any atom is 0.231 e. The van der Waals surface area contributed by atoms with Gasteiger partial charge in [0.2, 0.25) is 6.79 Å². The van der Waals surface area contributed by atoms with E-state index in [0.717, 1.165) is 26.9 Å². The van der Waals surface area contributed by atoms with Crippen molar-refractivity contribution >= 4 is 22.9 Å². The van der Waals surface area contributed by atoms with E-state index in [1.165, 1.54) is 0 Å². The van der Waals surface area contributed by atoms with Gasteiger partial charge in [-0.3, -0.25) is 0 Å². The summed E-state index contributed by atoms with van der Waals surface area (Å²) < 4.78 is 10.6. The van der Waals surface area contributed by atoms with Crippen LogP contribution in [0.4, 0.5) is 0 Å². The molecular weight excluding hydrogens is 246 g/mol. The Bertz CT molecular complexity index is 526. The first kappa shape index (κ1) is 9.93. The fourth-order valence-corrected chi connectivity index (χ4v) is 2.55. The van der Waals surface area contributed by atoms with E-state index in [-0.39, 0.29) is 0 Å². The first-order chi connectivity index (χ1) is 7.86. The lowest BCUT2D eigenvalue weighted by atomic mass is 10.2. The number of fused-ring (bicyclic) bond motifs is 1. The molecule has 16 heavy (non-hydrogen) atoms. The third-order valence-electron chi connectivity index (χ3n) is 2.32. The second kappa shape index (κ2) is 3.96. The molecule has 0 amide bonds. The average Bonchev–Trinajstić information content (AvgIpc) is 2.96.